The fraction of sp³-hybridized carbons (Fsp3) is 0.611. The van der Waals surface area contributed by atoms with Crippen LogP contribution in [0.15, 0.2) is 30.3 Å². The minimum absolute atomic E-state index is 0.00212. The molecule has 1 atom stereocenters. The molecule has 2 aliphatic rings. The number of likely N-dealkylation sites (tertiary alicyclic amines) is 1. The molecular formula is C18H28N4O. The summed E-state index contributed by atoms with van der Waals surface area (Å²) >= 11 is 0. The van der Waals surface area contributed by atoms with Gasteiger partial charge in [0.05, 0.1) is 0 Å². The van der Waals surface area contributed by atoms with Gasteiger partial charge in [0, 0.05) is 31.4 Å². The van der Waals surface area contributed by atoms with Crippen LogP contribution in [0.25, 0.3) is 0 Å². The van der Waals surface area contributed by atoms with Gasteiger partial charge in [-0.1, -0.05) is 18.2 Å². The molecule has 0 aromatic heterocycles. The van der Waals surface area contributed by atoms with Gasteiger partial charge in [-0.05, 0) is 57.5 Å². The third kappa shape index (κ3) is 4.61. The summed E-state index contributed by atoms with van der Waals surface area (Å²) in [5.41, 5.74) is 1.28. The summed E-state index contributed by atoms with van der Waals surface area (Å²) in [5.74, 6) is 0.540. The van der Waals surface area contributed by atoms with E-state index in [2.05, 4.69) is 51.7 Å². The van der Waals surface area contributed by atoms with Crippen LogP contribution in [-0.4, -0.2) is 56.7 Å². The molecule has 2 aliphatic heterocycles. The van der Waals surface area contributed by atoms with Crippen LogP contribution in [0, 0.1) is 5.92 Å². The van der Waals surface area contributed by atoms with Crippen molar-refractivity contribution in [2.45, 2.75) is 25.3 Å². The van der Waals surface area contributed by atoms with Crippen molar-refractivity contribution in [2.75, 3.05) is 44.7 Å². The van der Waals surface area contributed by atoms with Gasteiger partial charge in [-0.3, -0.25) is 0 Å². The van der Waals surface area contributed by atoms with Crippen LogP contribution in [0.4, 0.5) is 10.5 Å². The van der Waals surface area contributed by atoms with Crippen molar-refractivity contribution < 1.29 is 4.79 Å². The van der Waals surface area contributed by atoms with Crippen LogP contribution in [-0.2, 0) is 0 Å². The second-order valence-electron chi connectivity index (χ2n) is 6.87. The van der Waals surface area contributed by atoms with Crippen molar-refractivity contribution in [3.63, 3.8) is 0 Å². The standard InChI is InChI=1S/C18H28N4O/c1-21-10-8-16(9-11-21)20-18(23)19-13-15-7-12-22(14-15)17-5-3-2-4-6-17/h2-6,15-16H,7-14H2,1H3,(H2,19,20,23). The number of hydrogen-bond acceptors (Lipinski definition) is 3. The predicted octanol–water partition coefficient (Wildman–Crippen LogP) is 1.91. The molecule has 5 heteroatoms. The number of hydrogen-bond donors (Lipinski definition) is 2. The monoisotopic (exact) mass is 316 g/mol. The van der Waals surface area contributed by atoms with Crippen LogP contribution in [0.5, 0.6) is 0 Å². The van der Waals surface area contributed by atoms with Gasteiger partial charge in [0.15, 0.2) is 0 Å². The van der Waals surface area contributed by atoms with Crippen LogP contribution in [0.3, 0.4) is 0 Å². The van der Waals surface area contributed by atoms with Crippen LogP contribution in [0.2, 0.25) is 0 Å². The third-order valence-corrected chi connectivity index (χ3v) is 5.01. The SMILES string of the molecule is CN1CCC(NC(=O)NCC2CCN(c3ccccc3)C2)CC1. The molecule has 2 saturated heterocycles. The Hall–Kier alpha value is -1.75. The van der Waals surface area contributed by atoms with Crippen molar-refractivity contribution in [3.8, 4) is 0 Å². The number of rotatable bonds is 4. The highest BCUT2D eigenvalue weighted by Crippen LogP contribution is 2.22. The summed E-state index contributed by atoms with van der Waals surface area (Å²) in [6.07, 6.45) is 3.24. The second-order valence-corrected chi connectivity index (χ2v) is 6.87. The van der Waals surface area contributed by atoms with E-state index < -0.39 is 0 Å². The minimum Gasteiger partial charge on any atom is -0.371 e. The molecule has 0 spiro atoms. The molecule has 0 bridgehead atoms. The van der Waals surface area contributed by atoms with Crippen molar-refractivity contribution >= 4 is 11.7 Å². The molecule has 23 heavy (non-hydrogen) atoms. The van der Waals surface area contributed by atoms with E-state index in [1.165, 1.54) is 5.69 Å². The van der Waals surface area contributed by atoms with E-state index >= 15 is 0 Å². The van der Waals surface area contributed by atoms with Gasteiger partial charge in [-0.2, -0.15) is 0 Å². The highest BCUT2D eigenvalue weighted by Gasteiger charge is 2.23. The topological polar surface area (TPSA) is 47.6 Å². The first-order valence-corrected chi connectivity index (χ1v) is 8.73. The van der Waals surface area contributed by atoms with E-state index in [1.807, 2.05) is 6.07 Å². The Labute approximate surface area is 139 Å². The number of carbonyl (C=O) groups is 1. The number of nitrogens with one attached hydrogen (secondary N) is 2. The second kappa shape index (κ2) is 7.68. The van der Waals surface area contributed by atoms with Gasteiger partial charge >= 0.3 is 6.03 Å². The summed E-state index contributed by atoms with van der Waals surface area (Å²) in [6.45, 7) is 5.01. The summed E-state index contributed by atoms with van der Waals surface area (Å²) < 4.78 is 0. The fourth-order valence-corrected chi connectivity index (χ4v) is 3.50. The number of piperidine rings is 1. The number of anilines is 1. The van der Waals surface area contributed by atoms with Crippen molar-refractivity contribution in [3.05, 3.63) is 30.3 Å². The molecule has 1 aromatic carbocycles. The number of benzene rings is 1. The first-order chi connectivity index (χ1) is 11.2. The van der Waals surface area contributed by atoms with Crippen LogP contribution < -0.4 is 15.5 Å². The van der Waals surface area contributed by atoms with Crippen molar-refractivity contribution in [1.29, 1.82) is 0 Å². The summed E-state index contributed by atoms with van der Waals surface area (Å²) in [4.78, 5) is 16.8. The average Bonchev–Trinajstić information content (AvgIpc) is 3.05. The number of nitrogens with zero attached hydrogens (tertiary/aromatic N) is 2. The molecule has 0 saturated carbocycles. The maximum Gasteiger partial charge on any atom is 0.315 e. The Morgan fingerprint density at radius 3 is 2.61 bits per heavy atom. The van der Waals surface area contributed by atoms with E-state index in [1.54, 1.807) is 0 Å². The van der Waals surface area contributed by atoms with E-state index in [-0.39, 0.29) is 6.03 Å². The zero-order valence-electron chi connectivity index (χ0n) is 14.0. The van der Waals surface area contributed by atoms with E-state index in [0.29, 0.717) is 12.0 Å². The lowest BCUT2D eigenvalue weighted by molar-refractivity contribution is 0.213. The number of urea groups is 1. The summed E-state index contributed by atoms with van der Waals surface area (Å²) in [7, 11) is 2.13. The minimum atomic E-state index is -0.00212. The molecule has 2 heterocycles. The predicted molar refractivity (Wildman–Crippen MR) is 93.8 cm³/mol. The molecule has 1 unspecified atom stereocenters. The van der Waals surface area contributed by atoms with Gasteiger partial charge in [0.2, 0.25) is 0 Å². The van der Waals surface area contributed by atoms with Gasteiger partial charge in [0.1, 0.15) is 0 Å². The van der Waals surface area contributed by atoms with Gasteiger partial charge < -0.3 is 20.4 Å². The molecule has 2 N–H and O–H groups in total. The average molecular weight is 316 g/mol. The zero-order chi connectivity index (χ0) is 16.1. The summed E-state index contributed by atoms with van der Waals surface area (Å²) in [6, 6.07) is 10.8. The molecule has 2 fully saturated rings. The Morgan fingerprint density at radius 1 is 1.13 bits per heavy atom. The molecule has 0 radical (unpaired) electrons. The quantitative estimate of drug-likeness (QED) is 0.892. The van der Waals surface area contributed by atoms with E-state index in [4.69, 9.17) is 0 Å². The molecular weight excluding hydrogens is 288 g/mol. The third-order valence-electron chi connectivity index (χ3n) is 5.01. The highest BCUT2D eigenvalue weighted by molar-refractivity contribution is 5.74. The van der Waals surface area contributed by atoms with Gasteiger partial charge in [-0.15, -0.1) is 0 Å². The van der Waals surface area contributed by atoms with Crippen molar-refractivity contribution in [2.24, 2.45) is 5.92 Å². The largest absolute Gasteiger partial charge is 0.371 e. The fourth-order valence-electron chi connectivity index (χ4n) is 3.50. The molecule has 0 aliphatic carbocycles. The maximum absolute atomic E-state index is 12.1. The Morgan fingerprint density at radius 2 is 1.87 bits per heavy atom. The maximum atomic E-state index is 12.1. The Bertz CT molecular complexity index is 499. The highest BCUT2D eigenvalue weighted by atomic mass is 16.2. The normalized spacial score (nSPS) is 23.0. The van der Waals surface area contributed by atoms with Crippen molar-refractivity contribution in [1.82, 2.24) is 15.5 Å². The number of para-hydroxylation sites is 1. The molecule has 1 aromatic rings. The zero-order valence-corrected chi connectivity index (χ0v) is 14.0. The van der Waals surface area contributed by atoms with Gasteiger partial charge in [-0.25, -0.2) is 4.79 Å². The molecule has 5 nitrogen and oxygen atoms in total. The Balaban J connectivity index is 1.37. The number of amides is 2. The first-order valence-electron chi connectivity index (χ1n) is 8.73. The lowest BCUT2D eigenvalue weighted by Crippen LogP contribution is -2.48. The van der Waals surface area contributed by atoms with E-state index in [9.17, 15) is 4.79 Å². The van der Waals surface area contributed by atoms with Gasteiger partial charge in [0.25, 0.3) is 0 Å². The van der Waals surface area contributed by atoms with E-state index in [0.717, 1.165) is 52.0 Å². The lowest BCUT2D eigenvalue weighted by Gasteiger charge is -2.29. The summed E-state index contributed by atoms with van der Waals surface area (Å²) in [5, 5.41) is 6.18. The molecule has 2 amide bonds. The molecule has 3 rings (SSSR count). The Kier molecular flexibility index (Phi) is 5.39. The first kappa shape index (κ1) is 16.1. The van der Waals surface area contributed by atoms with Crippen LogP contribution >= 0.6 is 0 Å². The smallest absolute Gasteiger partial charge is 0.315 e. The lowest BCUT2D eigenvalue weighted by atomic mass is 10.1. The number of carbonyl (C=O) groups excluding carboxylic acids is 1. The molecule has 126 valence electrons. The van der Waals surface area contributed by atoms with Crippen LogP contribution in [0.1, 0.15) is 19.3 Å².